The Morgan fingerprint density at radius 2 is 1.86 bits per heavy atom. The second-order valence-corrected chi connectivity index (χ2v) is 68.1. The molecule has 2 aromatic carbocycles. The first kappa shape index (κ1) is 20.5. The zero-order chi connectivity index (χ0) is 20.6. The molecule has 0 aliphatic heterocycles. The van der Waals surface area contributed by atoms with E-state index in [1.54, 1.807) is 0 Å². The molecule has 2 aromatic rings. The molecule has 2 fully saturated rings. The third-order valence-electron chi connectivity index (χ3n) is 8.44. The van der Waals surface area contributed by atoms with E-state index in [9.17, 15) is 4.79 Å². The summed E-state index contributed by atoms with van der Waals surface area (Å²) in [4.78, 5) is 12.8. The maximum atomic E-state index is 12.8. The maximum absolute atomic E-state index is 12.8. The SMILES string of the molecule is C[SiH](C)[Hf]([Cl])([Cl])([c]1cccc2c1Cc1ccccc1-2)[CH]1CC2CCC1(C(N)=O)C2. The molecule has 5 rings (SSSR count). The predicted octanol–water partition coefficient (Wildman–Crippen LogP) is 5.33. The van der Waals surface area contributed by atoms with Gasteiger partial charge < -0.3 is 0 Å². The molecule has 153 valence electrons. The molecule has 0 saturated heterocycles. The first-order valence-electron chi connectivity index (χ1n) is 10.8. The summed E-state index contributed by atoms with van der Waals surface area (Å²) >= 11 is -4.70. The Morgan fingerprint density at radius 3 is 2.55 bits per heavy atom. The van der Waals surface area contributed by atoms with Crippen LogP contribution in [-0.2, 0) is 26.5 Å². The van der Waals surface area contributed by atoms with Crippen molar-refractivity contribution in [3.05, 3.63) is 53.6 Å². The van der Waals surface area contributed by atoms with Crippen LogP contribution in [0.15, 0.2) is 42.5 Å². The molecule has 2 N–H and O–H groups in total. The Morgan fingerprint density at radius 1 is 1.14 bits per heavy atom. The third-order valence-corrected chi connectivity index (χ3v) is 81.1. The summed E-state index contributed by atoms with van der Waals surface area (Å²) in [5.74, 6) is -1.10. The minimum absolute atomic E-state index is 0.0981. The van der Waals surface area contributed by atoms with E-state index in [1.807, 2.05) is 0 Å². The van der Waals surface area contributed by atoms with Gasteiger partial charge in [-0.1, -0.05) is 0 Å². The normalized spacial score (nSPS) is 28.8. The van der Waals surface area contributed by atoms with Crippen LogP contribution in [0.1, 0.15) is 36.8 Å². The molecule has 0 radical (unpaired) electrons. The fourth-order valence-corrected chi connectivity index (χ4v) is 51.0. The van der Waals surface area contributed by atoms with E-state index in [-0.39, 0.29) is 9.58 Å². The summed E-state index contributed by atoms with van der Waals surface area (Å²) < 4.78 is 1.35. The molecule has 0 heterocycles. The number of fused-ring (bicyclic) bond motifs is 5. The number of carbonyl (C=O) groups is 1. The first-order valence-corrected chi connectivity index (χ1v) is 32.6. The van der Waals surface area contributed by atoms with Gasteiger partial charge in [0.25, 0.3) is 0 Å². The van der Waals surface area contributed by atoms with Crippen molar-refractivity contribution >= 4 is 32.4 Å². The fourth-order valence-electron chi connectivity index (χ4n) is 6.88. The van der Waals surface area contributed by atoms with Crippen molar-refractivity contribution in [2.75, 3.05) is 0 Å². The number of benzene rings is 2. The molecular formula is C23H28Cl2HfNOSi. The third kappa shape index (κ3) is 2.58. The standard InChI is InChI=1S/C13H9.C8H12NO.C2H7Si.2ClH.Hf/c1-3-7-12-10(5-1)9-11-6-2-4-8-13(11)12;9-7(10)8-3-1-6(5-8)2-4-8;1-3-2;;;/h1-5,7-8H,9H2;3,6H,1-2,4-5H2,(H2,9,10);3H,1-2H3;2*1H;/q;;;;;+2/p-2. The number of amides is 1. The summed E-state index contributed by atoms with van der Waals surface area (Å²) in [7, 11) is 15.9. The van der Waals surface area contributed by atoms with Crippen LogP contribution >= 0.6 is 17.2 Å². The molecule has 1 amide bonds. The van der Waals surface area contributed by atoms with E-state index in [2.05, 4.69) is 55.6 Å². The van der Waals surface area contributed by atoms with Crippen LogP contribution in [0.3, 0.4) is 0 Å². The molecule has 3 unspecified atom stereocenters. The predicted molar refractivity (Wildman–Crippen MR) is 122 cm³/mol. The number of rotatable bonds is 4. The van der Waals surface area contributed by atoms with E-state index in [4.69, 9.17) is 22.9 Å². The molecular weight excluding hydrogens is 584 g/mol. The summed E-state index contributed by atoms with van der Waals surface area (Å²) in [6, 6.07) is 15.2. The number of halogens is 2. The van der Waals surface area contributed by atoms with Crippen molar-refractivity contribution in [2.45, 2.75) is 48.9 Å². The zero-order valence-electron chi connectivity index (χ0n) is 17.1. The van der Waals surface area contributed by atoms with E-state index >= 15 is 0 Å². The summed E-state index contributed by atoms with van der Waals surface area (Å²) in [5.41, 5.74) is 10.9. The van der Waals surface area contributed by atoms with Gasteiger partial charge in [-0.05, 0) is 0 Å². The van der Waals surface area contributed by atoms with Gasteiger partial charge in [0.1, 0.15) is 0 Å². The number of primary amides is 1. The Bertz CT molecular complexity index is 1040. The molecule has 3 atom stereocenters. The number of nitrogens with two attached hydrogens (primary N) is 1. The van der Waals surface area contributed by atoms with E-state index < -0.39 is 26.7 Å². The number of hydrogen-bond acceptors (Lipinski definition) is 1. The topological polar surface area (TPSA) is 43.1 Å². The Balaban J connectivity index is 1.74. The molecule has 0 aromatic heterocycles. The van der Waals surface area contributed by atoms with Crippen molar-refractivity contribution in [1.29, 1.82) is 0 Å². The summed E-state index contributed by atoms with van der Waals surface area (Å²) in [6.07, 6.45) is 4.76. The second kappa shape index (κ2) is 6.54. The molecule has 6 heteroatoms. The molecule has 3 aliphatic rings. The van der Waals surface area contributed by atoms with Gasteiger partial charge in [-0.3, -0.25) is 0 Å². The Labute approximate surface area is 182 Å². The Kier molecular flexibility index (Phi) is 4.62. The average Bonchev–Trinajstić information content (AvgIpc) is 3.39. The van der Waals surface area contributed by atoms with Crippen molar-refractivity contribution in [2.24, 2.45) is 17.1 Å². The first-order chi connectivity index (χ1) is 13.7. The van der Waals surface area contributed by atoms with Crippen LogP contribution in [0, 0.1) is 11.3 Å². The Hall–Kier alpha value is -0.423. The van der Waals surface area contributed by atoms with Gasteiger partial charge in [-0.25, -0.2) is 0 Å². The average molecular weight is 612 g/mol. The van der Waals surface area contributed by atoms with Gasteiger partial charge in [0.15, 0.2) is 0 Å². The van der Waals surface area contributed by atoms with Gasteiger partial charge >= 0.3 is 183 Å². The van der Waals surface area contributed by atoms with Crippen molar-refractivity contribution < 1.29 is 20.1 Å². The van der Waals surface area contributed by atoms with Gasteiger partial charge in [0.05, 0.1) is 0 Å². The summed E-state index contributed by atoms with van der Waals surface area (Å²) in [6.45, 7) is 4.63. The van der Waals surface area contributed by atoms with Gasteiger partial charge in [-0.15, -0.1) is 0 Å². The molecule has 2 nitrogen and oxygen atoms in total. The minimum atomic E-state index is -4.70. The van der Waals surface area contributed by atoms with Crippen LogP contribution in [0.25, 0.3) is 11.1 Å². The molecule has 3 aliphatic carbocycles. The van der Waals surface area contributed by atoms with E-state index in [0.29, 0.717) is 5.92 Å². The van der Waals surface area contributed by atoms with Crippen LogP contribution in [-0.4, -0.2) is 11.9 Å². The molecule has 0 spiro atoms. The van der Waals surface area contributed by atoms with Crippen LogP contribution < -0.4 is 9.05 Å². The van der Waals surface area contributed by atoms with E-state index in [0.717, 1.165) is 32.1 Å². The van der Waals surface area contributed by atoms with Gasteiger partial charge in [0.2, 0.25) is 0 Å². The summed E-state index contributed by atoms with van der Waals surface area (Å²) in [5, 5.41) is 0. The van der Waals surface area contributed by atoms with Crippen molar-refractivity contribution in [3.63, 3.8) is 0 Å². The van der Waals surface area contributed by atoms with Gasteiger partial charge in [0, 0.05) is 0 Å². The van der Waals surface area contributed by atoms with Crippen LogP contribution in [0.2, 0.25) is 16.8 Å². The number of carbonyl (C=O) groups excluding carboxylic acids is 1. The van der Waals surface area contributed by atoms with E-state index in [1.165, 1.54) is 25.6 Å². The van der Waals surface area contributed by atoms with Crippen LogP contribution in [0.4, 0.5) is 0 Å². The fraction of sp³-hybridized carbons (Fsp3) is 0.435. The van der Waals surface area contributed by atoms with Crippen molar-refractivity contribution in [3.8, 4) is 11.1 Å². The van der Waals surface area contributed by atoms with Gasteiger partial charge in [-0.2, -0.15) is 0 Å². The monoisotopic (exact) mass is 612 g/mol. The number of hydrogen-bond donors (Lipinski definition) is 1. The zero-order valence-corrected chi connectivity index (χ0v) is 23.3. The molecule has 2 bridgehead atoms. The van der Waals surface area contributed by atoms with Crippen molar-refractivity contribution in [1.82, 2.24) is 0 Å². The second-order valence-electron chi connectivity index (χ2n) is 9.89. The van der Waals surface area contributed by atoms with Crippen LogP contribution in [0.5, 0.6) is 0 Å². The molecule has 29 heavy (non-hydrogen) atoms. The molecule has 2 saturated carbocycles. The quantitative estimate of drug-likeness (QED) is 0.399.